The molecule has 4 rings (SSSR count). The second kappa shape index (κ2) is 11.2. The summed E-state index contributed by atoms with van der Waals surface area (Å²) in [6.07, 6.45) is -2.04. The summed E-state index contributed by atoms with van der Waals surface area (Å²) in [5.41, 5.74) is 8.33. The molecule has 0 aliphatic rings. The lowest BCUT2D eigenvalue weighted by Crippen LogP contribution is -2.21. The fraction of sp³-hybridized carbons (Fsp3) is 0.148. The summed E-state index contributed by atoms with van der Waals surface area (Å²) < 4.78 is 68.9. The van der Waals surface area contributed by atoms with Gasteiger partial charge in [0.1, 0.15) is 5.75 Å². The Morgan fingerprint density at radius 1 is 1.00 bits per heavy atom. The maximum atomic E-state index is 13.1. The van der Waals surface area contributed by atoms with Gasteiger partial charge in [0.2, 0.25) is 0 Å². The minimum absolute atomic E-state index is 0.00537. The second-order valence-electron chi connectivity index (χ2n) is 8.41. The smallest absolute Gasteiger partial charge is 0.478 e. The molecule has 204 valence electrons. The molecule has 3 N–H and O–H groups in total. The Morgan fingerprint density at radius 2 is 1.72 bits per heavy atom. The van der Waals surface area contributed by atoms with Gasteiger partial charge in [0.05, 0.1) is 27.6 Å². The molecular weight excluding hydrogens is 535 g/mol. The zero-order chi connectivity index (χ0) is 28.2. The van der Waals surface area contributed by atoms with Gasteiger partial charge in [-0.05, 0) is 42.0 Å². The van der Waals surface area contributed by atoms with Crippen molar-refractivity contribution in [3.63, 3.8) is 0 Å². The third-order valence-corrected chi connectivity index (χ3v) is 7.56. The lowest BCUT2D eigenvalue weighted by Gasteiger charge is -2.18. The van der Waals surface area contributed by atoms with Crippen LogP contribution in [0.15, 0.2) is 90.1 Å². The van der Waals surface area contributed by atoms with Crippen LogP contribution in [-0.4, -0.2) is 36.2 Å². The van der Waals surface area contributed by atoms with Gasteiger partial charge in [0.25, 0.3) is 0 Å². The van der Waals surface area contributed by atoms with Gasteiger partial charge in [-0.25, -0.2) is 18.6 Å². The van der Waals surface area contributed by atoms with Gasteiger partial charge in [-0.2, -0.15) is 0 Å². The number of benzene rings is 3. The Hall–Kier alpha value is -4.29. The van der Waals surface area contributed by atoms with E-state index in [2.05, 4.69) is 15.6 Å². The zero-order valence-electron chi connectivity index (χ0n) is 20.6. The number of hydrogen-bond donors (Lipinski definition) is 3. The molecule has 0 saturated heterocycles. The summed E-state index contributed by atoms with van der Waals surface area (Å²) >= 11 is 0. The van der Waals surface area contributed by atoms with Crippen molar-refractivity contribution in [2.24, 2.45) is 0 Å². The molecule has 0 unspecified atom stereocenters. The third-order valence-electron chi connectivity index (χ3n) is 5.81. The number of halogens is 3. The van der Waals surface area contributed by atoms with Crippen molar-refractivity contribution in [3.8, 4) is 22.6 Å². The van der Waals surface area contributed by atoms with Crippen molar-refractivity contribution < 1.29 is 36.2 Å². The number of nitrogens with one attached hydrogen (secondary N) is 2. The number of carboxylic acid groups (broad SMARTS) is 1. The van der Waals surface area contributed by atoms with Gasteiger partial charge < -0.3 is 19.8 Å². The zero-order valence-corrected chi connectivity index (χ0v) is 21.4. The second-order valence-corrected chi connectivity index (χ2v) is 10.7. The lowest BCUT2D eigenvalue weighted by molar-refractivity contribution is -0.274. The highest BCUT2D eigenvalue weighted by molar-refractivity contribution is 7.91. The molecule has 8 nitrogen and oxygen atoms in total. The van der Waals surface area contributed by atoms with E-state index >= 15 is 0 Å². The van der Waals surface area contributed by atoms with Crippen LogP contribution in [-0.2, 0) is 16.4 Å². The standard InChI is InChI=1S/C27H24F3N3O5S/c1-2-39(36,37)21-10-7-18(8-11-21)16-31-32-20-9-12-22(23-5-3-4-6-25(23)38-27(28,29)30)24(15-20)33-14-13-19(17-33)26(34)35/h3-15,17,31-32H,2,16H2,1H3,(H,34,35). The van der Waals surface area contributed by atoms with Crippen molar-refractivity contribution in [1.29, 1.82) is 0 Å². The molecule has 39 heavy (non-hydrogen) atoms. The van der Waals surface area contributed by atoms with E-state index in [0.717, 1.165) is 5.56 Å². The first-order chi connectivity index (χ1) is 18.5. The SMILES string of the molecule is CCS(=O)(=O)c1ccc(CNNc2ccc(-c3ccccc3OC(F)(F)F)c(-n3ccc(C(=O)O)c3)c2)cc1. The summed E-state index contributed by atoms with van der Waals surface area (Å²) in [4.78, 5) is 11.7. The number of sulfone groups is 1. The quantitative estimate of drug-likeness (QED) is 0.215. The third kappa shape index (κ3) is 6.78. The number of hydrogen-bond acceptors (Lipinski definition) is 6. The van der Waals surface area contributed by atoms with Crippen molar-refractivity contribution in [2.45, 2.75) is 24.7 Å². The molecule has 0 aliphatic carbocycles. The predicted octanol–water partition coefficient (Wildman–Crippen LogP) is 5.65. The molecule has 0 fully saturated rings. The molecule has 0 saturated carbocycles. The summed E-state index contributed by atoms with van der Waals surface area (Å²) in [5, 5.41) is 9.34. The van der Waals surface area contributed by atoms with Crippen LogP contribution in [0.2, 0.25) is 0 Å². The van der Waals surface area contributed by atoms with Crippen molar-refractivity contribution in [1.82, 2.24) is 9.99 Å². The Morgan fingerprint density at radius 3 is 2.36 bits per heavy atom. The maximum absolute atomic E-state index is 13.1. The van der Waals surface area contributed by atoms with E-state index in [0.29, 0.717) is 23.5 Å². The van der Waals surface area contributed by atoms with Gasteiger partial charge in [-0.1, -0.05) is 43.3 Å². The van der Waals surface area contributed by atoms with Crippen LogP contribution in [0.5, 0.6) is 5.75 Å². The molecule has 3 aromatic carbocycles. The Bertz CT molecular complexity index is 1580. The van der Waals surface area contributed by atoms with Crippen LogP contribution in [0.3, 0.4) is 0 Å². The van der Waals surface area contributed by atoms with Crippen LogP contribution in [0.4, 0.5) is 18.9 Å². The highest BCUT2D eigenvalue weighted by atomic mass is 32.2. The summed E-state index contributed by atoms with van der Waals surface area (Å²) in [7, 11) is -3.30. The molecule has 0 amide bonds. The first-order valence-electron chi connectivity index (χ1n) is 11.7. The number of hydrazine groups is 1. The maximum Gasteiger partial charge on any atom is 0.573 e. The minimum Gasteiger partial charge on any atom is -0.478 e. The highest BCUT2D eigenvalue weighted by Gasteiger charge is 2.32. The number of alkyl halides is 3. The highest BCUT2D eigenvalue weighted by Crippen LogP contribution is 2.38. The van der Waals surface area contributed by atoms with E-state index in [-0.39, 0.29) is 21.8 Å². The molecule has 1 aromatic heterocycles. The number of carboxylic acids is 1. The Labute approximate surface area is 222 Å². The average Bonchev–Trinajstić information content (AvgIpc) is 3.39. The van der Waals surface area contributed by atoms with E-state index < -0.39 is 27.9 Å². The first-order valence-corrected chi connectivity index (χ1v) is 13.3. The number of anilines is 1. The van der Waals surface area contributed by atoms with E-state index in [1.165, 1.54) is 53.4 Å². The Balaban J connectivity index is 1.62. The number of carbonyl (C=O) groups is 1. The van der Waals surface area contributed by atoms with Crippen LogP contribution in [0, 0.1) is 0 Å². The summed E-state index contributed by atoms with van der Waals surface area (Å²) in [6.45, 7) is 1.91. The van der Waals surface area contributed by atoms with E-state index in [4.69, 9.17) is 0 Å². The molecular formula is C27H24F3N3O5S. The molecule has 4 aromatic rings. The number of rotatable bonds is 10. The summed E-state index contributed by atoms with van der Waals surface area (Å²) in [5.74, 6) is -1.54. The van der Waals surface area contributed by atoms with Crippen LogP contribution < -0.4 is 15.6 Å². The molecule has 0 aliphatic heterocycles. The number of para-hydroxylation sites is 1. The van der Waals surface area contributed by atoms with Gasteiger partial charge in [-0.15, -0.1) is 13.2 Å². The lowest BCUT2D eigenvalue weighted by atomic mass is 10.0. The average molecular weight is 560 g/mol. The van der Waals surface area contributed by atoms with E-state index in [1.54, 1.807) is 43.3 Å². The molecule has 0 spiro atoms. The number of aromatic nitrogens is 1. The largest absolute Gasteiger partial charge is 0.573 e. The molecule has 12 heteroatoms. The molecule has 1 heterocycles. The number of nitrogens with zero attached hydrogens (tertiary/aromatic N) is 1. The normalized spacial score (nSPS) is 11.8. The molecule has 0 bridgehead atoms. The molecule has 0 radical (unpaired) electrons. The fourth-order valence-corrected chi connectivity index (χ4v) is 4.74. The predicted molar refractivity (Wildman–Crippen MR) is 139 cm³/mol. The van der Waals surface area contributed by atoms with E-state index in [9.17, 15) is 31.5 Å². The topological polar surface area (TPSA) is 110 Å². The van der Waals surface area contributed by atoms with Gasteiger partial charge >= 0.3 is 12.3 Å². The van der Waals surface area contributed by atoms with E-state index in [1.807, 2.05) is 0 Å². The van der Waals surface area contributed by atoms with Gasteiger partial charge in [-0.3, -0.25) is 0 Å². The molecule has 0 atom stereocenters. The first kappa shape index (κ1) is 27.7. The fourth-order valence-electron chi connectivity index (χ4n) is 3.86. The Kier molecular flexibility index (Phi) is 7.98. The van der Waals surface area contributed by atoms with Gasteiger partial charge in [0, 0.05) is 30.1 Å². The van der Waals surface area contributed by atoms with Crippen LogP contribution in [0.25, 0.3) is 16.8 Å². The minimum atomic E-state index is -4.90. The number of aromatic carboxylic acids is 1. The van der Waals surface area contributed by atoms with Crippen molar-refractivity contribution in [2.75, 3.05) is 11.2 Å². The van der Waals surface area contributed by atoms with Crippen LogP contribution in [0.1, 0.15) is 22.8 Å². The van der Waals surface area contributed by atoms with Gasteiger partial charge in [0.15, 0.2) is 9.84 Å². The monoisotopic (exact) mass is 559 g/mol. The van der Waals surface area contributed by atoms with Crippen molar-refractivity contribution in [3.05, 3.63) is 96.3 Å². The van der Waals surface area contributed by atoms with Crippen molar-refractivity contribution >= 4 is 21.5 Å². The number of ether oxygens (including phenoxy) is 1. The van der Waals surface area contributed by atoms with Crippen LogP contribution >= 0.6 is 0 Å². The summed E-state index contributed by atoms with van der Waals surface area (Å²) in [6, 6.07) is 18.4.